The Hall–Kier alpha value is -2.43. The molecule has 0 aromatic heterocycles. The summed E-state index contributed by atoms with van der Waals surface area (Å²) in [5.41, 5.74) is 0.976. The predicted molar refractivity (Wildman–Crippen MR) is 126 cm³/mol. The number of alkyl halides is 3. The van der Waals surface area contributed by atoms with Crippen molar-refractivity contribution >= 4 is 68.9 Å². The van der Waals surface area contributed by atoms with Gasteiger partial charge in [0, 0.05) is 5.92 Å². The maximum atomic E-state index is 13.5. The van der Waals surface area contributed by atoms with Gasteiger partial charge < -0.3 is 9.84 Å². The Morgan fingerprint density at radius 1 is 1.11 bits per heavy atom. The summed E-state index contributed by atoms with van der Waals surface area (Å²) in [5.74, 6) is -6.29. The van der Waals surface area contributed by atoms with Crippen LogP contribution in [0, 0.1) is 17.8 Å². The van der Waals surface area contributed by atoms with Crippen molar-refractivity contribution in [3.63, 3.8) is 0 Å². The normalized spacial score (nSPS) is 36.1. The number of aromatic hydroxyl groups is 1. The van der Waals surface area contributed by atoms with Crippen molar-refractivity contribution in [3.8, 4) is 5.75 Å². The first-order valence-electron chi connectivity index (χ1n) is 10.8. The largest absolute Gasteiger partial charge is 0.508 e. The van der Waals surface area contributed by atoms with E-state index in [1.165, 1.54) is 12.1 Å². The summed E-state index contributed by atoms with van der Waals surface area (Å²) in [6, 6.07) is 6.00. The van der Waals surface area contributed by atoms with Crippen molar-refractivity contribution in [3.05, 3.63) is 41.5 Å². The van der Waals surface area contributed by atoms with E-state index >= 15 is 0 Å². The number of carbonyl (C=O) groups excluding carboxylic acids is 5. The van der Waals surface area contributed by atoms with Crippen LogP contribution in [0.15, 0.2) is 35.9 Å². The molecular formula is C23H19BrCl2N2O7. The third-order valence-electron chi connectivity index (χ3n) is 7.60. The quantitative estimate of drug-likeness (QED) is 0.245. The molecule has 0 spiro atoms. The van der Waals surface area contributed by atoms with E-state index in [9.17, 15) is 29.1 Å². The fraction of sp³-hybridized carbons (Fsp3) is 0.435. The van der Waals surface area contributed by atoms with Crippen molar-refractivity contribution in [1.82, 2.24) is 9.80 Å². The molecule has 184 valence electrons. The molecular weight excluding hydrogens is 567 g/mol. The minimum absolute atomic E-state index is 0.0132. The lowest BCUT2D eigenvalue weighted by Gasteiger charge is -2.50. The summed E-state index contributed by atoms with van der Waals surface area (Å²) in [6.07, 6.45) is 0.633. The highest BCUT2D eigenvalue weighted by atomic mass is 79.9. The van der Waals surface area contributed by atoms with Crippen molar-refractivity contribution < 1.29 is 33.8 Å². The van der Waals surface area contributed by atoms with Crippen molar-refractivity contribution in [2.75, 3.05) is 12.6 Å². The van der Waals surface area contributed by atoms with Gasteiger partial charge in [0.05, 0.1) is 24.4 Å². The van der Waals surface area contributed by atoms with Crippen LogP contribution in [0.25, 0.3) is 0 Å². The smallest absolute Gasteiger partial charge is 0.423 e. The maximum Gasteiger partial charge on any atom is 0.423 e. The average Bonchev–Trinajstić information content (AvgIpc) is 3.17. The number of phenols is 1. The number of carbonyl (C=O) groups is 5. The molecule has 12 heteroatoms. The monoisotopic (exact) mass is 584 g/mol. The Balaban J connectivity index is 1.71. The molecule has 2 aliphatic carbocycles. The minimum atomic E-state index is -1.92. The number of imide groups is 4. The van der Waals surface area contributed by atoms with Gasteiger partial charge in [0.1, 0.15) is 5.75 Å². The number of nitrogens with zero attached hydrogens (tertiary/aromatic N) is 2. The molecule has 1 N–H and O–H groups in total. The number of likely N-dealkylation sites (tertiary alicyclic amines) is 2. The Labute approximate surface area is 218 Å². The van der Waals surface area contributed by atoms with Crippen LogP contribution in [0.5, 0.6) is 5.75 Å². The minimum Gasteiger partial charge on any atom is -0.508 e. The van der Waals surface area contributed by atoms with Crippen LogP contribution in [0.4, 0.5) is 4.79 Å². The van der Waals surface area contributed by atoms with Crippen molar-refractivity contribution in [1.29, 1.82) is 0 Å². The van der Waals surface area contributed by atoms with E-state index in [0.717, 1.165) is 12.0 Å². The number of halogens is 3. The number of hydrogen-bond acceptors (Lipinski definition) is 7. The second kappa shape index (κ2) is 8.04. The first-order valence-corrected chi connectivity index (χ1v) is 12.7. The third kappa shape index (κ3) is 2.96. The number of benzene rings is 1. The summed E-state index contributed by atoms with van der Waals surface area (Å²) >= 11 is 17.2. The Bertz CT molecular complexity index is 1220. The molecule has 2 aliphatic heterocycles. The van der Waals surface area contributed by atoms with Crippen LogP contribution in [-0.2, 0) is 23.9 Å². The highest BCUT2D eigenvalue weighted by molar-refractivity contribution is 9.09. The van der Waals surface area contributed by atoms with Gasteiger partial charge in [-0.1, -0.05) is 39.7 Å². The van der Waals surface area contributed by atoms with Crippen LogP contribution < -0.4 is 0 Å². The van der Waals surface area contributed by atoms with E-state index in [2.05, 4.69) is 20.7 Å². The van der Waals surface area contributed by atoms with E-state index in [4.69, 9.17) is 23.2 Å². The molecule has 6 unspecified atom stereocenters. The number of amides is 5. The molecule has 3 fully saturated rings. The number of rotatable bonds is 2. The van der Waals surface area contributed by atoms with E-state index in [0.29, 0.717) is 16.0 Å². The van der Waals surface area contributed by atoms with Crippen LogP contribution in [0.1, 0.15) is 24.3 Å². The van der Waals surface area contributed by atoms with E-state index in [-0.39, 0.29) is 24.0 Å². The number of hydrogen-bond donors (Lipinski definition) is 1. The summed E-state index contributed by atoms with van der Waals surface area (Å²) < 4.78 is 4.63. The number of ether oxygens (including phenoxy) is 1. The van der Waals surface area contributed by atoms with Gasteiger partial charge in [0.25, 0.3) is 11.8 Å². The van der Waals surface area contributed by atoms with Gasteiger partial charge >= 0.3 is 6.09 Å². The fourth-order valence-corrected chi connectivity index (χ4v) is 7.49. The Morgan fingerprint density at radius 3 is 2.37 bits per heavy atom. The van der Waals surface area contributed by atoms with Gasteiger partial charge in [-0.15, -0.1) is 23.2 Å². The zero-order valence-electron chi connectivity index (χ0n) is 18.2. The van der Waals surface area contributed by atoms with Gasteiger partial charge in [-0.3, -0.25) is 24.1 Å². The topological polar surface area (TPSA) is 121 Å². The summed E-state index contributed by atoms with van der Waals surface area (Å²) in [6.45, 7) is 0. The molecule has 6 atom stereocenters. The fourth-order valence-electron chi connectivity index (χ4n) is 6.06. The third-order valence-corrected chi connectivity index (χ3v) is 9.51. The molecule has 2 heterocycles. The molecule has 9 nitrogen and oxygen atoms in total. The van der Waals surface area contributed by atoms with Crippen molar-refractivity contribution in [2.24, 2.45) is 17.8 Å². The van der Waals surface area contributed by atoms with E-state index in [1.807, 2.05) is 0 Å². The zero-order chi connectivity index (χ0) is 25.4. The molecule has 5 amide bonds. The lowest BCUT2D eigenvalue weighted by Crippen LogP contribution is -2.60. The molecule has 0 bridgehead atoms. The van der Waals surface area contributed by atoms with Crippen LogP contribution >= 0.6 is 39.1 Å². The maximum absolute atomic E-state index is 13.5. The molecule has 1 aromatic rings. The van der Waals surface area contributed by atoms with Gasteiger partial charge in [-0.05, 0) is 36.5 Å². The van der Waals surface area contributed by atoms with Gasteiger partial charge in [-0.2, -0.15) is 4.90 Å². The molecule has 2 saturated heterocycles. The average molecular weight is 586 g/mol. The first kappa shape index (κ1) is 24.3. The second-order valence-electron chi connectivity index (χ2n) is 9.06. The highest BCUT2D eigenvalue weighted by Gasteiger charge is 2.76. The molecule has 4 aliphatic rings. The van der Waals surface area contributed by atoms with Crippen molar-refractivity contribution in [2.45, 2.75) is 28.5 Å². The summed E-state index contributed by atoms with van der Waals surface area (Å²) in [5, 5.41) is 9.81. The number of phenolic OH excluding ortho intramolecular Hbond substituents is 1. The van der Waals surface area contributed by atoms with Gasteiger partial charge in [0.15, 0.2) is 9.75 Å². The summed E-state index contributed by atoms with van der Waals surface area (Å²) in [7, 11) is 1.07. The van der Waals surface area contributed by atoms with E-state index < -0.39 is 63.1 Å². The second-order valence-corrected chi connectivity index (χ2v) is 10.8. The van der Waals surface area contributed by atoms with Gasteiger partial charge in [-0.25, -0.2) is 4.79 Å². The molecule has 1 aromatic carbocycles. The predicted octanol–water partition coefficient (Wildman–Crippen LogP) is 2.87. The number of fused-ring (bicyclic) bond motifs is 4. The standard InChI is InChI=1S/C23H19BrCl2N2O7/c1-35-21(34)28-17(30)13-7-6-12-14(15(13)18(28)31)8-22(25)19(32)27(9-24)20(33)23(22,26)16(12)10-2-4-11(29)5-3-10/h2-6,13-16,29H,7-9H2,1H3. The first-order chi connectivity index (χ1) is 16.5. The Kier molecular flexibility index (Phi) is 5.58. The van der Waals surface area contributed by atoms with Crippen LogP contribution in [0.3, 0.4) is 0 Å². The highest BCUT2D eigenvalue weighted by Crippen LogP contribution is 2.65. The summed E-state index contributed by atoms with van der Waals surface area (Å²) in [4.78, 5) is 63.1. The lowest BCUT2D eigenvalue weighted by molar-refractivity contribution is -0.140. The number of methoxy groups -OCH3 is 1. The Morgan fingerprint density at radius 2 is 1.77 bits per heavy atom. The van der Waals surface area contributed by atoms with Crippen LogP contribution in [-0.4, -0.2) is 66.9 Å². The SMILES string of the molecule is COC(=O)N1C(=O)C2CC=C3C(CC4(Cl)C(=O)N(CBr)C(=O)C4(Cl)C3c3ccc(O)cc3)C2C1=O. The van der Waals surface area contributed by atoms with E-state index in [1.54, 1.807) is 18.2 Å². The molecule has 35 heavy (non-hydrogen) atoms. The molecule has 1 saturated carbocycles. The number of allylic oxidation sites excluding steroid dienone is 2. The molecule has 0 radical (unpaired) electrons. The lowest BCUT2D eigenvalue weighted by atomic mass is 9.56. The van der Waals surface area contributed by atoms with Crippen LogP contribution in [0.2, 0.25) is 0 Å². The van der Waals surface area contributed by atoms with Gasteiger partial charge in [0.2, 0.25) is 11.8 Å². The zero-order valence-corrected chi connectivity index (χ0v) is 21.3. The molecule has 5 rings (SSSR count).